The number of carboxylic acid groups (broad SMARTS) is 1. The number of nitrogens with zero attached hydrogens (tertiary/aromatic N) is 1. The van der Waals surface area contributed by atoms with Crippen molar-refractivity contribution in [3.8, 4) is 11.1 Å². The van der Waals surface area contributed by atoms with Gasteiger partial charge in [0.2, 0.25) is 5.91 Å². The van der Waals surface area contributed by atoms with Gasteiger partial charge < -0.3 is 21.1 Å². The maximum atomic E-state index is 11.9. The molecule has 154 valence electrons. The van der Waals surface area contributed by atoms with E-state index in [1.807, 2.05) is 48.7 Å². The van der Waals surface area contributed by atoms with Crippen molar-refractivity contribution >= 4 is 28.6 Å². The largest absolute Gasteiger partial charge is 0.478 e. The van der Waals surface area contributed by atoms with Crippen LogP contribution in [0.1, 0.15) is 31.8 Å². The van der Waals surface area contributed by atoms with Crippen LogP contribution in [0.25, 0.3) is 22.0 Å². The Morgan fingerprint density at radius 1 is 0.903 bits per heavy atom. The lowest BCUT2D eigenvalue weighted by molar-refractivity contribution is 0.0697. The van der Waals surface area contributed by atoms with Gasteiger partial charge in [-0.15, -0.1) is 0 Å². The van der Waals surface area contributed by atoms with Crippen molar-refractivity contribution < 1.29 is 14.7 Å². The number of carbonyl (C=O) groups is 2. The highest BCUT2D eigenvalue weighted by Gasteiger charge is 2.17. The molecule has 0 atom stereocenters. The van der Waals surface area contributed by atoms with Crippen molar-refractivity contribution in [3.63, 3.8) is 0 Å². The van der Waals surface area contributed by atoms with Crippen LogP contribution in [0.3, 0.4) is 0 Å². The average Bonchev–Trinajstić information content (AvgIpc) is 3.15. The Balaban J connectivity index is 1.79. The van der Waals surface area contributed by atoms with Gasteiger partial charge in [0.05, 0.1) is 5.56 Å². The van der Waals surface area contributed by atoms with Crippen molar-refractivity contribution in [3.05, 3.63) is 95.2 Å². The molecule has 0 fully saturated rings. The van der Waals surface area contributed by atoms with Gasteiger partial charge in [0.15, 0.2) is 0 Å². The molecule has 4 rings (SSSR count). The Morgan fingerprint density at radius 3 is 2.35 bits per heavy atom. The van der Waals surface area contributed by atoms with E-state index in [0.29, 0.717) is 17.7 Å². The molecule has 6 N–H and O–H groups in total. The number of rotatable bonds is 6. The van der Waals surface area contributed by atoms with E-state index in [2.05, 4.69) is 4.57 Å². The van der Waals surface area contributed by atoms with E-state index in [9.17, 15) is 14.7 Å². The molecule has 0 saturated carbocycles. The molecule has 1 heterocycles. The molecule has 7 heteroatoms. The summed E-state index contributed by atoms with van der Waals surface area (Å²) in [4.78, 5) is 23.4. The van der Waals surface area contributed by atoms with Gasteiger partial charge in [-0.2, -0.15) is 0 Å². The number of hydrogen-bond donors (Lipinski definition) is 4. The number of amides is 1. The minimum absolute atomic E-state index is 0.0144. The SMILES string of the molecule is N=C(N)c1ccc2c(ccn2Cc2ccccc2-c2ccc(C(N)=O)cc2C(=O)O)c1. The molecule has 0 aliphatic rings. The zero-order chi connectivity index (χ0) is 22.1. The maximum Gasteiger partial charge on any atom is 0.336 e. The summed E-state index contributed by atoms with van der Waals surface area (Å²) in [5.41, 5.74) is 14.9. The van der Waals surface area contributed by atoms with Crippen molar-refractivity contribution in [2.45, 2.75) is 6.54 Å². The number of fused-ring (bicyclic) bond motifs is 1. The third-order valence-corrected chi connectivity index (χ3v) is 5.26. The van der Waals surface area contributed by atoms with Gasteiger partial charge in [0.25, 0.3) is 0 Å². The van der Waals surface area contributed by atoms with Crippen LogP contribution in [0.15, 0.2) is 72.9 Å². The van der Waals surface area contributed by atoms with E-state index < -0.39 is 11.9 Å². The Labute approximate surface area is 178 Å². The number of primary amides is 1. The summed E-state index contributed by atoms with van der Waals surface area (Å²) in [6, 6.07) is 19.6. The molecule has 0 unspecified atom stereocenters. The Hall–Kier alpha value is -4.39. The minimum atomic E-state index is -1.13. The maximum absolute atomic E-state index is 11.9. The fraction of sp³-hybridized carbons (Fsp3) is 0.0417. The van der Waals surface area contributed by atoms with Gasteiger partial charge in [-0.3, -0.25) is 10.2 Å². The first-order valence-electron chi connectivity index (χ1n) is 9.54. The predicted molar refractivity (Wildman–Crippen MR) is 119 cm³/mol. The molecule has 7 nitrogen and oxygen atoms in total. The first-order valence-corrected chi connectivity index (χ1v) is 9.54. The molecule has 0 aliphatic carbocycles. The van der Waals surface area contributed by atoms with Crippen LogP contribution in [0.4, 0.5) is 0 Å². The number of hydrogen-bond acceptors (Lipinski definition) is 3. The van der Waals surface area contributed by atoms with Crippen LogP contribution < -0.4 is 11.5 Å². The number of aromatic carboxylic acids is 1. The zero-order valence-electron chi connectivity index (χ0n) is 16.5. The molecule has 0 radical (unpaired) electrons. The number of aromatic nitrogens is 1. The standard InChI is InChI=1S/C24H20N4O3/c25-22(26)15-6-8-21-14(11-15)9-10-28(21)13-17-3-1-2-4-18(17)19-7-5-16(23(27)29)12-20(19)24(30)31/h1-12H,13H2,(H3,25,26)(H2,27,29)(H,30,31). The molecule has 1 aromatic heterocycles. The molecule has 0 spiro atoms. The smallest absolute Gasteiger partial charge is 0.336 e. The van der Waals surface area contributed by atoms with Crippen LogP contribution >= 0.6 is 0 Å². The lowest BCUT2D eigenvalue weighted by Crippen LogP contribution is -2.13. The summed E-state index contributed by atoms with van der Waals surface area (Å²) in [6.45, 7) is 0.510. The molecule has 0 bridgehead atoms. The second-order valence-corrected chi connectivity index (χ2v) is 7.22. The Kier molecular flexibility index (Phi) is 5.00. The first kappa shape index (κ1) is 19.9. The zero-order valence-corrected chi connectivity index (χ0v) is 16.5. The highest BCUT2D eigenvalue weighted by molar-refractivity contribution is 6.01. The molecule has 0 aliphatic heterocycles. The highest BCUT2D eigenvalue weighted by Crippen LogP contribution is 2.30. The van der Waals surface area contributed by atoms with E-state index in [-0.39, 0.29) is 17.0 Å². The summed E-state index contributed by atoms with van der Waals surface area (Å²) < 4.78 is 2.05. The fourth-order valence-electron chi connectivity index (χ4n) is 3.72. The first-order chi connectivity index (χ1) is 14.8. The quantitative estimate of drug-likeness (QED) is 0.285. The normalized spacial score (nSPS) is 10.8. The summed E-state index contributed by atoms with van der Waals surface area (Å²) >= 11 is 0. The topological polar surface area (TPSA) is 135 Å². The Morgan fingerprint density at radius 2 is 1.65 bits per heavy atom. The van der Waals surface area contributed by atoms with Crippen LogP contribution in [0.2, 0.25) is 0 Å². The van der Waals surface area contributed by atoms with E-state index in [1.165, 1.54) is 12.1 Å². The van der Waals surface area contributed by atoms with Gasteiger partial charge in [0.1, 0.15) is 5.84 Å². The lowest BCUT2D eigenvalue weighted by atomic mass is 9.93. The van der Waals surface area contributed by atoms with Gasteiger partial charge in [-0.05, 0) is 53.1 Å². The number of nitrogens with one attached hydrogen (secondary N) is 1. The van der Waals surface area contributed by atoms with E-state index in [4.69, 9.17) is 16.9 Å². The monoisotopic (exact) mass is 412 g/mol. The number of benzene rings is 3. The lowest BCUT2D eigenvalue weighted by Gasteiger charge is -2.14. The summed E-state index contributed by atoms with van der Waals surface area (Å²) in [6.07, 6.45) is 1.94. The average molecular weight is 412 g/mol. The molecule has 0 saturated heterocycles. The number of amidine groups is 1. The number of carboxylic acids is 1. The second kappa shape index (κ2) is 7.79. The van der Waals surface area contributed by atoms with Crippen molar-refractivity contribution in [2.75, 3.05) is 0 Å². The number of carbonyl (C=O) groups excluding carboxylic acids is 1. The van der Waals surface area contributed by atoms with Crippen LogP contribution in [0, 0.1) is 5.41 Å². The van der Waals surface area contributed by atoms with Gasteiger partial charge in [0, 0.05) is 34.8 Å². The molecule has 4 aromatic rings. The number of nitrogen functional groups attached to an aromatic ring is 1. The third-order valence-electron chi connectivity index (χ3n) is 5.26. The van der Waals surface area contributed by atoms with E-state index in [1.54, 1.807) is 12.1 Å². The second-order valence-electron chi connectivity index (χ2n) is 7.22. The van der Waals surface area contributed by atoms with Crippen molar-refractivity contribution in [2.24, 2.45) is 11.5 Å². The fourth-order valence-corrected chi connectivity index (χ4v) is 3.72. The van der Waals surface area contributed by atoms with Crippen molar-refractivity contribution in [1.29, 1.82) is 5.41 Å². The molecule has 31 heavy (non-hydrogen) atoms. The summed E-state index contributed by atoms with van der Waals surface area (Å²) in [5, 5.41) is 18.3. The summed E-state index contributed by atoms with van der Waals surface area (Å²) in [7, 11) is 0. The van der Waals surface area contributed by atoms with Crippen LogP contribution in [0.5, 0.6) is 0 Å². The highest BCUT2D eigenvalue weighted by atomic mass is 16.4. The predicted octanol–water partition coefficient (Wildman–Crippen LogP) is 3.44. The van der Waals surface area contributed by atoms with E-state index in [0.717, 1.165) is 22.0 Å². The van der Waals surface area contributed by atoms with Crippen LogP contribution in [-0.4, -0.2) is 27.4 Å². The van der Waals surface area contributed by atoms with Crippen molar-refractivity contribution in [1.82, 2.24) is 4.57 Å². The molecular weight excluding hydrogens is 392 g/mol. The molecular formula is C24H20N4O3. The van der Waals surface area contributed by atoms with E-state index >= 15 is 0 Å². The molecule has 1 amide bonds. The Bertz CT molecular complexity index is 1350. The van der Waals surface area contributed by atoms with Gasteiger partial charge in [-0.1, -0.05) is 30.3 Å². The third kappa shape index (κ3) is 3.76. The number of nitrogens with two attached hydrogens (primary N) is 2. The van der Waals surface area contributed by atoms with Gasteiger partial charge >= 0.3 is 5.97 Å². The molecule has 3 aromatic carbocycles. The van der Waals surface area contributed by atoms with Gasteiger partial charge in [-0.25, -0.2) is 4.79 Å². The minimum Gasteiger partial charge on any atom is -0.478 e. The summed E-state index contributed by atoms with van der Waals surface area (Å²) in [5.74, 6) is -1.79. The van der Waals surface area contributed by atoms with Crippen LogP contribution in [-0.2, 0) is 6.54 Å².